The van der Waals surface area contributed by atoms with Crippen molar-refractivity contribution in [2.75, 3.05) is 0 Å². The summed E-state index contributed by atoms with van der Waals surface area (Å²) in [6.07, 6.45) is 0. The Morgan fingerprint density at radius 3 is 0.727 bits per heavy atom. The summed E-state index contributed by atoms with van der Waals surface area (Å²) in [5.41, 5.74) is 8.13. The second kappa shape index (κ2) is 9.22. The van der Waals surface area contributed by atoms with Crippen LogP contribution >= 0.6 is 0 Å². The van der Waals surface area contributed by atoms with Gasteiger partial charge in [-0.2, -0.15) is 0 Å². The van der Waals surface area contributed by atoms with Crippen LogP contribution in [0.4, 0.5) is 0 Å². The first-order valence-corrected chi connectivity index (χ1v) is 10.8. The average Bonchev–Trinajstić information content (AvgIpc) is 2.79. The third kappa shape index (κ3) is 4.56. The Hall–Kier alpha value is -3.40. The molecule has 0 bridgehead atoms. The average molecular weight is 480 g/mol. The quantitative estimate of drug-likeness (QED) is 0.177. The second-order valence-corrected chi connectivity index (χ2v) is 8.23. The summed E-state index contributed by atoms with van der Waals surface area (Å²) in [6, 6.07) is 24.9. The molecule has 33 heavy (non-hydrogen) atoms. The van der Waals surface area contributed by atoms with Gasteiger partial charge in [0.2, 0.25) is 0 Å². The van der Waals surface area contributed by atoms with Crippen LogP contribution in [0.3, 0.4) is 0 Å². The second-order valence-electron chi connectivity index (χ2n) is 8.23. The molecule has 0 aliphatic heterocycles. The fourth-order valence-corrected chi connectivity index (χ4v) is 3.93. The summed E-state index contributed by atoms with van der Waals surface area (Å²) in [5, 5.41) is 4.60. The van der Waals surface area contributed by atoms with Crippen molar-refractivity contribution >= 4 is 43.6 Å². The van der Waals surface area contributed by atoms with Crippen molar-refractivity contribution in [1.29, 1.82) is 0 Å². The summed E-state index contributed by atoms with van der Waals surface area (Å²) >= 11 is 0. The fraction of sp³-hybridized carbons (Fsp3) is 0.143. The zero-order valence-corrected chi connectivity index (χ0v) is 20.0. The molecule has 0 spiro atoms. The van der Waals surface area contributed by atoms with Crippen molar-refractivity contribution in [3.63, 3.8) is 0 Å². The molecule has 0 aliphatic carbocycles. The first-order valence-electron chi connectivity index (χ1n) is 10.8. The van der Waals surface area contributed by atoms with Crippen LogP contribution in [0.5, 0.6) is 0 Å². The summed E-state index contributed by atoms with van der Waals surface area (Å²) in [4.78, 5) is 18.3. The summed E-state index contributed by atoms with van der Waals surface area (Å²) in [5.74, 6) is 0. The Bertz CT molecular complexity index is 1380. The van der Waals surface area contributed by atoms with E-state index < -0.39 is 0 Å². The molecule has 5 heteroatoms. The number of rotatable bonds is 0. The molecular weight excluding hydrogens is 456 g/mol. The number of aryl methyl sites for hydroxylation is 4. The first kappa shape index (κ1) is 22.8. The molecule has 0 saturated heterocycles. The Balaban J connectivity index is 0.000000152. The molecule has 0 saturated carbocycles. The number of pyridine rings is 4. The zero-order chi connectivity index (χ0) is 22.2. The van der Waals surface area contributed by atoms with Gasteiger partial charge in [0.1, 0.15) is 0 Å². The number of hydrogen-bond donors (Lipinski definition) is 0. The predicted octanol–water partition coefficient (Wildman–Crippen LogP) is 6.80. The Kier molecular flexibility index (Phi) is 6.37. The van der Waals surface area contributed by atoms with Crippen LogP contribution in [0.1, 0.15) is 22.8 Å². The van der Waals surface area contributed by atoms with Gasteiger partial charge in [-0.3, -0.25) is 19.9 Å². The van der Waals surface area contributed by atoms with Crippen LogP contribution in [0, 0.1) is 27.7 Å². The smallest absolute Gasteiger partial charge is 0.0967 e. The minimum absolute atomic E-state index is 0. The van der Waals surface area contributed by atoms with E-state index in [1.54, 1.807) is 0 Å². The molecular formula is C28H24CuN4. The minimum Gasteiger partial charge on any atom is -0.251 e. The molecule has 0 fully saturated rings. The molecule has 0 atom stereocenters. The summed E-state index contributed by atoms with van der Waals surface area (Å²) in [7, 11) is 0. The van der Waals surface area contributed by atoms with E-state index in [4.69, 9.17) is 0 Å². The molecule has 0 N–H and O–H groups in total. The number of nitrogens with zero attached hydrogens (tertiary/aromatic N) is 4. The van der Waals surface area contributed by atoms with Gasteiger partial charge in [-0.15, -0.1) is 0 Å². The van der Waals surface area contributed by atoms with E-state index in [0.717, 1.165) is 66.4 Å². The van der Waals surface area contributed by atoms with E-state index in [0.29, 0.717) is 0 Å². The molecule has 0 amide bonds. The van der Waals surface area contributed by atoms with Gasteiger partial charge in [-0.1, -0.05) is 48.5 Å². The maximum Gasteiger partial charge on any atom is 0.0967 e. The SMILES string of the molecule is Cc1ccc2ccc3ccc(C)nc3c2n1.Cc1ccc2ccc3ccc(C)nc3c2n1.[Cu]. The van der Waals surface area contributed by atoms with Gasteiger partial charge in [-0.05, 0) is 52.0 Å². The van der Waals surface area contributed by atoms with Gasteiger partial charge < -0.3 is 0 Å². The van der Waals surface area contributed by atoms with Crippen LogP contribution in [0.2, 0.25) is 0 Å². The third-order valence-electron chi connectivity index (χ3n) is 5.60. The van der Waals surface area contributed by atoms with Gasteiger partial charge in [0.15, 0.2) is 0 Å². The van der Waals surface area contributed by atoms with E-state index in [1.807, 2.05) is 52.0 Å². The largest absolute Gasteiger partial charge is 0.251 e. The summed E-state index contributed by atoms with van der Waals surface area (Å²) < 4.78 is 0. The van der Waals surface area contributed by atoms with E-state index in [2.05, 4.69) is 68.5 Å². The van der Waals surface area contributed by atoms with Gasteiger partial charge >= 0.3 is 0 Å². The standard InChI is InChI=1S/2C14H12N2.Cu/c2*1-9-3-5-11-7-8-12-6-4-10(2)16-14(12)13(11)15-9;/h2*3-8H,1-2H3;. The first-order chi connectivity index (χ1) is 15.5. The molecule has 4 nitrogen and oxygen atoms in total. The number of hydrogen-bond acceptors (Lipinski definition) is 4. The van der Waals surface area contributed by atoms with Gasteiger partial charge in [0, 0.05) is 61.4 Å². The maximum absolute atomic E-state index is 4.58. The third-order valence-corrected chi connectivity index (χ3v) is 5.60. The van der Waals surface area contributed by atoms with Crippen molar-refractivity contribution in [1.82, 2.24) is 19.9 Å². The van der Waals surface area contributed by atoms with Crippen LogP contribution < -0.4 is 0 Å². The number of fused-ring (bicyclic) bond motifs is 6. The van der Waals surface area contributed by atoms with Crippen molar-refractivity contribution in [2.45, 2.75) is 27.7 Å². The van der Waals surface area contributed by atoms with Gasteiger partial charge in [0.25, 0.3) is 0 Å². The van der Waals surface area contributed by atoms with E-state index >= 15 is 0 Å². The van der Waals surface area contributed by atoms with Crippen molar-refractivity contribution in [3.8, 4) is 0 Å². The van der Waals surface area contributed by atoms with Gasteiger partial charge in [0.05, 0.1) is 22.1 Å². The molecule has 6 rings (SSSR count). The van der Waals surface area contributed by atoms with Gasteiger partial charge in [-0.25, -0.2) is 0 Å². The topological polar surface area (TPSA) is 51.6 Å². The molecule has 0 aliphatic rings. The maximum atomic E-state index is 4.58. The fourth-order valence-electron chi connectivity index (χ4n) is 3.93. The number of aromatic nitrogens is 4. The van der Waals surface area contributed by atoms with Crippen molar-refractivity contribution < 1.29 is 17.1 Å². The van der Waals surface area contributed by atoms with Crippen LogP contribution in [-0.2, 0) is 17.1 Å². The van der Waals surface area contributed by atoms with Crippen LogP contribution in [0.25, 0.3) is 43.6 Å². The van der Waals surface area contributed by atoms with E-state index in [9.17, 15) is 0 Å². The molecule has 4 heterocycles. The van der Waals surface area contributed by atoms with Crippen molar-refractivity contribution in [3.05, 3.63) is 95.6 Å². The Morgan fingerprint density at radius 1 is 0.333 bits per heavy atom. The van der Waals surface area contributed by atoms with E-state index in [1.165, 1.54) is 0 Å². The molecule has 1 radical (unpaired) electrons. The van der Waals surface area contributed by atoms with Crippen LogP contribution in [0.15, 0.2) is 72.8 Å². The van der Waals surface area contributed by atoms with Crippen LogP contribution in [-0.4, -0.2) is 19.9 Å². The minimum atomic E-state index is 0. The van der Waals surface area contributed by atoms with Crippen molar-refractivity contribution in [2.24, 2.45) is 0 Å². The predicted molar refractivity (Wildman–Crippen MR) is 133 cm³/mol. The molecule has 167 valence electrons. The molecule has 6 aromatic rings. The normalized spacial score (nSPS) is 10.8. The molecule has 4 aromatic heterocycles. The summed E-state index contributed by atoms with van der Waals surface area (Å²) in [6.45, 7) is 8.03. The van der Waals surface area contributed by atoms with E-state index in [-0.39, 0.29) is 17.1 Å². The number of benzene rings is 2. The monoisotopic (exact) mass is 479 g/mol. The Morgan fingerprint density at radius 2 is 0.515 bits per heavy atom. The zero-order valence-electron chi connectivity index (χ0n) is 19.0. The Labute approximate surface area is 203 Å². The molecule has 2 aromatic carbocycles. The molecule has 0 unspecified atom stereocenters.